The number of carbonyl (C=O) groups excluding carboxylic acids is 2. The molecule has 178 valence electrons. The van der Waals surface area contributed by atoms with Crippen molar-refractivity contribution in [3.63, 3.8) is 0 Å². The van der Waals surface area contributed by atoms with Crippen molar-refractivity contribution in [2.24, 2.45) is 0 Å². The molecular formula is C27H25N3O4S. The number of aromatic nitrogens is 2. The minimum Gasteiger partial charge on any atom is -0.479 e. The molecule has 0 aliphatic carbocycles. The van der Waals surface area contributed by atoms with Gasteiger partial charge in [0.2, 0.25) is 0 Å². The summed E-state index contributed by atoms with van der Waals surface area (Å²) in [6.07, 6.45) is 0.834. The molecule has 7 nitrogen and oxygen atoms in total. The molecule has 0 saturated heterocycles. The van der Waals surface area contributed by atoms with Gasteiger partial charge in [-0.2, -0.15) is 0 Å². The third-order valence-electron chi connectivity index (χ3n) is 6.40. The average Bonchev–Trinajstić information content (AvgIpc) is 3.29. The van der Waals surface area contributed by atoms with Crippen LogP contribution >= 0.6 is 11.3 Å². The molecule has 2 unspecified atom stereocenters. The third-order valence-corrected chi connectivity index (χ3v) is 7.29. The fourth-order valence-corrected chi connectivity index (χ4v) is 5.12. The number of nitrogens with one attached hydrogen (secondary N) is 1. The fourth-order valence-electron chi connectivity index (χ4n) is 4.21. The van der Waals surface area contributed by atoms with Gasteiger partial charge in [-0.05, 0) is 49.1 Å². The first-order chi connectivity index (χ1) is 16.7. The summed E-state index contributed by atoms with van der Waals surface area (Å²) in [7, 11) is 0. The van der Waals surface area contributed by atoms with Crippen LogP contribution in [0.25, 0.3) is 21.3 Å². The second-order valence-corrected chi connectivity index (χ2v) is 9.92. The predicted molar refractivity (Wildman–Crippen MR) is 138 cm³/mol. The number of anilines is 1. The van der Waals surface area contributed by atoms with Gasteiger partial charge in [-0.25, -0.2) is 4.98 Å². The first-order valence-electron chi connectivity index (χ1n) is 11.5. The summed E-state index contributed by atoms with van der Waals surface area (Å²) in [6, 6.07) is 12.3. The summed E-state index contributed by atoms with van der Waals surface area (Å²) in [5.41, 5.74) is 3.53. The van der Waals surface area contributed by atoms with Gasteiger partial charge in [0.1, 0.15) is 10.6 Å². The van der Waals surface area contributed by atoms with Gasteiger partial charge in [0, 0.05) is 16.5 Å². The number of amides is 1. The molecule has 35 heavy (non-hydrogen) atoms. The molecule has 0 radical (unpaired) electrons. The maximum atomic E-state index is 13.5. The summed E-state index contributed by atoms with van der Waals surface area (Å²) < 4.78 is 6.95. The van der Waals surface area contributed by atoms with Crippen LogP contribution < -0.4 is 15.6 Å². The number of hydrogen-bond donors (Lipinski definition) is 1. The van der Waals surface area contributed by atoms with Crippen molar-refractivity contribution in [2.45, 2.75) is 45.8 Å². The lowest BCUT2D eigenvalue weighted by Gasteiger charge is -2.24. The van der Waals surface area contributed by atoms with Crippen LogP contribution in [-0.4, -0.2) is 27.3 Å². The lowest BCUT2D eigenvalue weighted by atomic mass is 9.99. The number of benzene rings is 2. The van der Waals surface area contributed by atoms with Crippen molar-refractivity contribution in [1.29, 1.82) is 0 Å². The van der Waals surface area contributed by atoms with Gasteiger partial charge in [0.05, 0.1) is 23.4 Å². The Morgan fingerprint density at radius 2 is 1.86 bits per heavy atom. The van der Waals surface area contributed by atoms with Gasteiger partial charge < -0.3 is 10.1 Å². The molecular weight excluding hydrogens is 462 g/mol. The molecule has 3 heterocycles. The van der Waals surface area contributed by atoms with Gasteiger partial charge in [-0.15, -0.1) is 11.3 Å². The summed E-state index contributed by atoms with van der Waals surface area (Å²) in [5.74, 6) is 0.392. The van der Waals surface area contributed by atoms with E-state index in [4.69, 9.17) is 4.74 Å². The van der Waals surface area contributed by atoms with Crippen LogP contribution in [0.4, 0.5) is 5.69 Å². The summed E-state index contributed by atoms with van der Waals surface area (Å²) in [6.45, 7) is 7.61. The van der Waals surface area contributed by atoms with Crippen LogP contribution in [0.1, 0.15) is 55.6 Å². The van der Waals surface area contributed by atoms with E-state index < -0.39 is 12.1 Å². The second-order valence-electron chi connectivity index (χ2n) is 9.06. The van der Waals surface area contributed by atoms with Crippen LogP contribution in [0.15, 0.2) is 59.0 Å². The Labute approximate surface area is 206 Å². The highest BCUT2D eigenvalue weighted by Gasteiger charge is 2.26. The molecule has 8 heteroatoms. The first kappa shape index (κ1) is 23.0. The zero-order valence-electron chi connectivity index (χ0n) is 19.9. The maximum Gasteiger partial charge on any atom is 0.265 e. The van der Waals surface area contributed by atoms with E-state index in [2.05, 4.69) is 36.3 Å². The minimum absolute atomic E-state index is 0.261. The monoisotopic (exact) mass is 487 g/mol. The quantitative estimate of drug-likeness (QED) is 0.380. The van der Waals surface area contributed by atoms with Gasteiger partial charge >= 0.3 is 0 Å². The SMILES string of the molecule is CC1Oc2ccc(C(=O)C(C)n3cnc4scc(-c5ccc(C(C)C)cc5)c4c3=O)cc2NC1=O. The van der Waals surface area contributed by atoms with Crippen molar-refractivity contribution >= 4 is 38.9 Å². The van der Waals surface area contributed by atoms with Gasteiger partial charge in [0.15, 0.2) is 11.9 Å². The van der Waals surface area contributed by atoms with E-state index >= 15 is 0 Å². The Bertz CT molecular complexity index is 1520. The minimum atomic E-state index is -0.785. The molecule has 1 amide bonds. The van der Waals surface area contributed by atoms with Crippen LogP contribution in [0.5, 0.6) is 5.75 Å². The van der Waals surface area contributed by atoms with Crippen LogP contribution in [0.3, 0.4) is 0 Å². The molecule has 1 N–H and O–H groups in total. The van der Waals surface area contributed by atoms with E-state index in [-0.39, 0.29) is 17.2 Å². The van der Waals surface area contributed by atoms with Crippen molar-refractivity contribution in [2.75, 3.05) is 5.32 Å². The fraction of sp³-hybridized carbons (Fsp3) is 0.259. The predicted octanol–water partition coefficient (Wildman–Crippen LogP) is 5.41. The Hall–Kier alpha value is -3.78. The molecule has 0 saturated carbocycles. The van der Waals surface area contributed by atoms with Gasteiger partial charge in [-0.3, -0.25) is 19.0 Å². The Kier molecular flexibility index (Phi) is 5.76. The largest absolute Gasteiger partial charge is 0.479 e. The Morgan fingerprint density at radius 1 is 1.11 bits per heavy atom. The second kappa shape index (κ2) is 8.78. The molecule has 5 rings (SSSR count). The molecule has 2 atom stereocenters. The molecule has 1 aliphatic rings. The van der Waals surface area contributed by atoms with E-state index in [0.29, 0.717) is 33.1 Å². The molecule has 0 bridgehead atoms. The number of thiophene rings is 1. The number of Topliss-reactive ketones (excluding diaryl/α,β-unsaturated/α-hetero) is 1. The standard InChI is InChI=1S/C27H25N3O4S/c1-14(2)17-5-7-18(8-6-17)20-12-35-26-23(20)27(33)30(13-28-26)15(3)24(31)19-9-10-22-21(11-19)29-25(32)16(4)34-22/h5-16H,1-4H3,(H,29,32). The van der Waals surface area contributed by atoms with E-state index in [9.17, 15) is 14.4 Å². The number of ketones is 1. The summed E-state index contributed by atoms with van der Waals surface area (Å²) >= 11 is 1.41. The zero-order valence-corrected chi connectivity index (χ0v) is 20.7. The highest BCUT2D eigenvalue weighted by molar-refractivity contribution is 7.17. The molecule has 4 aromatic rings. The van der Waals surface area contributed by atoms with E-state index in [1.807, 2.05) is 17.5 Å². The number of rotatable bonds is 5. The summed E-state index contributed by atoms with van der Waals surface area (Å²) in [5, 5.41) is 5.20. The number of carbonyl (C=O) groups is 2. The molecule has 0 fully saturated rings. The van der Waals surface area contributed by atoms with Crippen LogP contribution in [-0.2, 0) is 4.79 Å². The van der Waals surface area contributed by atoms with Gasteiger partial charge in [0.25, 0.3) is 11.5 Å². The lowest BCUT2D eigenvalue weighted by Crippen LogP contribution is -2.34. The van der Waals surface area contributed by atoms with Crippen molar-refractivity contribution < 1.29 is 14.3 Å². The van der Waals surface area contributed by atoms with E-state index in [0.717, 1.165) is 11.1 Å². The molecule has 2 aromatic carbocycles. The summed E-state index contributed by atoms with van der Waals surface area (Å²) in [4.78, 5) is 43.9. The number of ether oxygens (including phenoxy) is 1. The van der Waals surface area contributed by atoms with Crippen LogP contribution in [0.2, 0.25) is 0 Å². The van der Waals surface area contributed by atoms with Crippen molar-refractivity contribution in [3.8, 4) is 16.9 Å². The van der Waals surface area contributed by atoms with Crippen molar-refractivity contribution in [1.82, 2.24) is 9.55 Å². The first-order valence-corrected chi connectivity index (χ1v) is 12.4. The molecule has 2 aromatic heterocycles. The molecule has 0 spiro atoms. The van der Waals surface area contributed by atoms with Gasteiger partial charge in [-0.1, -0.05) is 38.1 Å². The Morgan fingerprint density at radius 3 is 2.57 bits per heavy atom. The van der Waals surface area contributed by atoms with Crippen molar-refractivity contribution in [3.05, 3.63) is 75.7 Å². The highest BCUT2D eigenvalue weighted by Crippen LogP contribution is 2.33. The van der Waals surface area contributed by atoms with Crippen LogP contribution in [0, 0.1) is 0 Å². The Balaban J connectivity index is 1.50. The van der Waals surface area contributed by atoms with E-state index in [1.54, 1.807) is 32.0 Å². The normalized spacial score (nSPS) is 16.0. The number of fused-ring (bicyclic) bond motifs is 2. The third kappa shape index (κ3) is 4.04. The maximum absolute atomic E-state index is 13.5. The van der Waals surface area contributed by atoms with E-state index in [1.165, 1.54) is 27.8 Å². The number of hydrogen-bond acceptors (Lipinski definition) is 6. The molecule has 1 aliphatic heterocycles. The topological polar surface area (TPSA) is 90.3 Å². The number of nitrogens with zero attached hydrogens (tertiary/aromatic N) is 2. The lowest BCUT2D eigenvalue weighted by molar-refractivity contribution is -0.122. The smallest absolute Gasteiger partial charge is 0.265 e. The average molecular weight is 488 g/mol. The highest BCUT2D eigenvalue weighted by atomic mass is 32.1. The zero-order chi connectivity index (χ0) is 24.9.